The number of benzene rings is 2. The summed E-state index contributed by atoms with van der Waals surface area (Å²) in [6.45, 7) is 11.6. The Kier molecular flexibility index (Phi) is 9.36. The van der Waals surface area contributed by atoms with E-state index >= 15 is 0 Å². The lowest BCUT2D eigenvalue weighted by molar-refractivity contribution is -0.132. The van der Waals surface area contributed by atoms with E-state index in [4.69, 9.17) is 14.2 Å². The number of aryl methyl sites for hydroxylation is 1. The molecule has 1 saturated heterocycles. The lowest BCUT2D eigenvalue weighted by Crippen LogP contribution is -2.29. The topological polar surface area (TPSA) is 115 Å². The van der Waals surface area contributed by atoms with Gasteiger partial charge in [0.1, 0.15) is 35.3 Å². The Morgan fingerprint density at radius 1 is 1.07 bits per heavy atom. The smallest absolute Gasteiger partial charge is 0.350 e. The second-order valence-corrected chi connectivity index (χ2v) is 9.99. The van der Waals surface area contributed by atoms with Gasteiger partial charge >= 0.3 is 11.9 Å². The van der Waals surface area contributed by atoms with E-state index in [2.05, 4.69) is 18.1 Å². The number of hydrogen-bond acceptors (Lipinski definition) is 9. The number of thiazole rings is 1. The Morgan fingerprint density at radius 3 is 2.49 bits per heavy atom. The van der Waals surface area contributed by atoms with Crippen molar-refractivity contribution in [1.29, 1.82) is 0 Å². The zero-order valence-electron chi connectivity index (χ0n) is 22.8. The fraction of sp³-hybridized carbons (Fsp3) is 0.226. The number of ketones is 1. The average molecular weight is 575 g/mol. The third-order valence-electron chi connectivity index (χ3n) is 6.10. The van der Waals surface area contributed by atoms with Crippen molar-refractivity contribution in [2.24, 2.45) is 0 Å². The molecule has 41 heavy (non-hydrogen) atoms. The number of aliphatic hydroxyl groups is 1. The molecule has 1 N–H and O–H groups in total. The van der Waals surface area contributed by atoms with Crippen LogP contribution in [0.25, 0.3) is 5.76 Å². The highest BCUT2D eigenvalue weighted by Gasteiger charge is 2.48. The molecule has 212 valence electrons. The number of aliphatic hydroxyl groups excluding tert-OH is 1. The Hall–Kier alpha value is -4.70. The molecule has 10 heteroatoms. The van der Waals surface area contributed by atoms with Gasteiger partial charge in [-0.15, -0.1) is 0 Å². The minimum atomic E-state index is -1.05. The minimum absolute atomic E-state index is 0.00972. The van der Waals surface area contributed by atoms with Gasteiger partial charge in [0.15, 0.2) is 5.13 Å². The number of hydrogen-bond donors (Lipinski definition) is 1. The van der Waals surface area contributed by atoms with Crippen LogP contribution in [0.3, 0.4) is 0 Å². The fourth-order valence-corrected chi connectivity index (χ4v) is 5.22. The molecular formula is C31H30N2O7S. The van der Waals surface area contributed by atoms with E-state index < -0.39 is 23.7 Å². The van der Waals surface area contributed by atoms with Gasteiger partial charge in [-0.3, -0.25) is 14.5 Å². The van der Waals surface area contributed by atoms with Gasteiger partial charge in [-0.2, -0.15) is 0 Å². The monoisotopic (exact) mass is 574 g/mol. The summed E-state index contributed by atoms with van der Waals surface area (Å²) < 4.78 is 16.5. The molecule has 1 aliphatic heterocycles. The Balaban J connectivity index is 1.84. The second kappa shape index (κ2) is 13.1. The van der Waals surface area contributed by atoms with Crippen molar-refractivity contribution < 1.29 is 33.7 Å². The van der Waals surface area contributed by atoms with Crippen LogP contribution in [0.1, 0.15) is 45.9 Å². The molecule has 1 fully saturated rings. The molecule has 9 nitrogen and oxygen atoms in total. The molecule has 0 bridgehead atoms. The summed E-state index contributed by atoms with van der Waals surface area (Å²) in [4.78, 5) is 45.5. The van der Waals surface area contributed by atoms with Gasteiger partial charge in [0.05, 0.1) is 23.9 Å². The number of nitrogens with zero attached hydrogens (tertiary/aromatic N) is 2. The molecule has 2 aromatic carbocycles. The normalized spacial score (nSPS) is 16.0. The Labute approximate surface area is 242 Å². The maximum absolute atomic E-state index is 13.5. The van der Waals surface area contributed by atoms with Crippen molar-refractivity contribution in [3.8, 4) is 11.5 Å². The number of aromatic nitrogens is 1. The predicted octanol–water partition coefficient (Wildman–Crippen LogP) is 5.77. The summed E-state index contributed by atoms with van der Waals surface area (Å²) in [7, 11) is 0. The highest BCUT2D eigenvalue weighted by atomic mass is 32.1. The number of amides is 1. The third kappa shape index (κ3) is 6.22. The first-order chi connectivity index (χ1) is 19.8. The van der Waals surface area contributed by atoms with E-state index in [1.54, 1.807) is 61.5 Å². The van der Waals surface area contributed by atoms with Gasteiger partial charge in [-0.1, -0.05) is 55.7 Å². The zero-order valence-corrected chi connectivity index (χ0v) is 23.6. The summed E-state index contributed by atoms with van der Waals surface area (Å²) in [5, 5.41) is 11.5. The molecular weight excluding hydrogens is 544 g/mol. The second-order valence-electron chi connectivity index (χ2n) is 9.01. The first-order valence-corrected chi connectivity index (χ1v) is 13.8. The Morgan fingerprint density at radius 2 is 1.80 bits per heavy atom. The molecule has 2 heterocycles. The van der Waals surface area contributed by atoms with Crippen molar-refractivity contribution in [2.45, 2.75) is 26.3 Å². The molecule has 0 spiro atoms. The highest BCUT2D eigenvalue weighted by Crippen LogP contribution is 2.44. The molecule has 1 aliphatic rings. The molecule has 1 unspecified atom stereocenters. The number of carbonyl (C=O) groups excluding carboxylic acids is 3. The quantitative estimate of drug-likeness (QED) is 0.0953. The van der Waals surface area contributed by atoms with Gasteiger partial charge in [-0.25, -0.2) is 9.78 Å². The minimum Gasteiger partial charge on any atom is -0.507 e. The molecule has 1 amide bonds. The number of rotatable bonds is 12. The van der Waals surface area contributed by atoms with Gasteiger partial charge in [0.2, 0.25) is 0 Å². The van der Waals surface area contributed by atoms with Crippen LogP contribution in [0.2, 0.25) is 0 Å². The molecule has 1 aromatic heterocycles. The first kappa shape index (κ1) is 29.3. The highest BCUT2D eigenvalue weighted by molar-refractivity contribution is 7.17. The summed E-state index contributed by atoms with van der Waals surface area (Å²) in [6.07, 6.45) is 3.88. The zero-order chi connectivity index (χ0) is 29.5. The van der Waals surface area contributed by atoms with Crippen LogP contribution in [-0.4, -0.2) is 47.6 Å². The standard InChI is InChI=1S/C31H30N2O7S/c1-5-15-38-22-13-11-20(12-14-22)26(34)24-25(21-9-8-10-23(18-21)39-16-6-2)33(29(36)27(24)35)31-32-19(4)28(41-31)30(37)40-17-7-3/h6-14,18,25,34H,2-3,5,15-17H2,1,4H3. The number of carbonyl (C=O) groups is 3. The number of Topliss-reactive ketones (excluding diaryl/α,β-unsaturated/α-hetero) is 1. The number of anilines is 1. The van der Waals surface area contributed by atoms with E-state index in [0.717, 1.165) is 17.8 Å². The van der Waals surface area contributed by atoms with Crippen LogP contribution in [0.4, 0.5) is 5.13 Å². The van der Waals surface area contributed by atoms with E-state index in [1.807, 2.05) is 6.92 Å². The van der Waals surface area contributed by atoms with Crippen molar-refractivity contribution >= 4 is 39.9 Å². The van der Waals surface area contributed by atoms with Crippen LogP contribution in [0.15, 0.2) is 79.4 Å². The van der Waals surface area contributed by atoms with Crippen LogP contribution < -0.4 is 14.4 Å². The summed E-state index contributed by atoms with van der Waals surface area (Å²) in [5.74, 6) is -1.66. The molecule has 0 saturated carbocycles. The van der Waals surface area contributed by atoms with Crippen molar-refractivity contribution in [3.05, 3.63) is 101 Å². The van der Waals surface area contributed by atoms with Gasteiger partial charge in [0.25, 0.3) is 5.78 Å². The summed E-state index contributed by atoms with van der Waals surface area (Å²) in [5.41, 5.74) is 1.05. The molecule has 0 radical (unpaired) electrons. The van der Waals surface area contributed by atoms with Crippen LogP contribution >= 0.6 is 11.3 Å². The van der Waals surface area contributed by atoms with Gasteiger partial charge < -0.3 is 19.3 Å². The van der Waals surface area contributed by atoms with E-state index in [-0.39, 0.29) is 34.6 Å². The van der Waals surface area contributed by atoms with Crippen LogP contribution in [0, 0.1) is 6.92 Å². The van der Waals surface area contributed by atoms with Crippen molar-refractivity contribution in [1.82, 2.24) is 4.98 Å². The van der Waals surface area contributed by atoms with Crippen molar-refractivity contribution in [2.75, 3.05) is 24.7 Å². The van der Waals surface area contributed by atoms with E-state index in [0.29, 0.717) is 34.9 Å². The Bertz CT molecular complexity index is 1510. The number of ether oxygens (including phenoxy) is 3. The summed E-state index contributed by atoms with van der Waals surface area (Å²) in [6, 6.07) is 12.4. The van der Waals surface area contributed by atoms with Gasteiger partial charge in [0, 0.05) is 5.56 Å². The maximum Gasteiger partial charge on any atom is 0.350 e. The van der Waals surface area contributed by atoms with Crippen LogP contribution in [-0.2, 0) is 14.3 Å². The van der Waals surface area contributed by atoms with E-state index in [9.17, 15) is 19.5 Å². The lowest BCUT2D eigenvalue weighted by atomic mass is 9.95. The molecule has 4 rings (SSSR count). The van der Waals surface area contributed by atoms with Crippen molar-refractivity contribution in [3.63, 3.8) is 0 Å². The largest absolute Gasteiger partial charge is 0.507 e. The van der Waals surface area contributed by atoms with Gasteiger partial charge in [-0.05, 0) is 55.3 Å². The van der Waals surface area contributed by atoms with Crippen LogP contribution in [0.5, 0.6) is 11.5 Å². The predicted molar refractivity (Wildman–Crippen MR) is 156 cm³/mol. The average Bonchev–Trinajstić information content (AvgIpc) is 3.49. The third-order valence-corrected chi connectivity index (χ3v) is 7.23. The molecule has 0 aliphatic carbocycles. The first-order valence-electron chi connectivity index (χ1n) is 12.9. The van der Waals surface area contributed by atoms with E-state index in [1.165, 1.54) is 11.0 Å². The molecule has 3 aromatic rings. The fourth-order valence-electron chi connectivity index (χ4n) is 4.23. The summed E-state index contributed by atoms with van der Waals surface area (Å²) >= 11 is 0.924. The molecule has 1 atom stereocenters. The SMILES string of the molecule is C=CCOC(=O)c1sc(N2C(=O)C(=O)C(=C(O)c3ccc(OCCC)cc3)C2c2cccc(OCC=C)c2)nc1C. The number of esters is 1. The lowest BCUT2D eigenvalue weighted by Gasteiger charge is -2.23. The maximum atomic E-state index is 13.5.